The lowest BCUT2D eigenvalue weighted by molar-refractivity contribution is -0.250. The van der Waals surface area contributed by atoms with Crippen molar-refractivity contribution in [2.75, 3.05) is 25.1 Å². The number of esters is 1. The van der Waals surface area contributed by atoms with Crippen LogP contribution in [-0.4, -0.2) is 47.2 Å². The van der Waals surface area contributed by atoms with Gasteiger partial charge in [0.05, 0.1) is 24.1 Å². The van der Waals surface area contributed by atoms with Crippen LogP contribution in [0, 0.1) is 6.92 Å². The van der Waals surface area contributed by atoms with Crippen LogP contribution < -0.4 is 4.31 Å². The van der Waals surface area contributed by atoms with Crippen LogP contribution in [0.25, 0.3) is 0 Å². The van der Waals surface area contributed by atoms with Crippen molar-refractivity contribution >= 4 is 21.7 Å². The van der Waals surface area contributed by atoms with E-state index in [1.54, 1.807) is 48.5 Å². The van der Waals surface area contributed by atoms with Crippen LogP contribution in [0.3, 0.4) is 0 Å². The molecule has 2 heterocycles. The molecule has 2 aromatic rings. The number of ether oxygens (including phenoxy) is 4. The average Bonchev–Trinajstić information content (AvgIpc) is 3.10. The highest BCUT2D eigenvalue weighted by Crippen LogP contribution is 2.58. The topological polar surface area (TPSA) is 91.4 Å². The number of benzene rings is 2. The third kappa shape index (κ3) is 3.54. The minimum atomic E-state index is -4.13. The Morgan fingerprint density at radius 3 is 2.48 bits per heavy atom. The second-order valence-corrected chi connectivity index (χ2v) is 10.0. The maximum absolute atomic E-state index is 13.9. The highest BCUT2D eigenvalue weighted by molar-refractivity contribution is 7.92. The first-order valence-electron chi connectivity index (χ1n) is 10.9. The fourth-order valence-corrected chi connectivity index (χ4v) is 6.22. The van der Waals surface area contributed by atoms with Crippen molar-refractivity contribution in [3.05, 3.63) is 59.7 Å². The molecule has 3 unspecified atom stereocenters. The van der Waals surface area contributed by atoms with E-state index in [-0.39, 0.29) is 17.0 Å². The zero-order chi connectivity index (χ0) is 23.9. The molecule has 0 spiro atoms. The monoisotopic (exact) mass is 475 g/mol. The minimum Gasteiger partial charge on any atom is -0.467 e. The molecule has 1 saturated heterocycles. The predicted molar refractivity (Wildman–Crippen MR) is 121 cm³/mol. The van der Waals surface area contributed by atoms with Gasteiger partial charge in [-0.1, -0.05) is 49.2 Å². The fraction of sp³-hybridized carbons (Fsp3) is 0.458. The Hall–Kier alpha value is -2.46. The molecular weight excluding hydrogens is 446 g/mol. The second kappa shape index (κ2) is 8.72. The van der Waals surface area contributed by atoms with Crippen molar-refractivity contribution in [1.29, 1.82) is 0 Å². The van der Waals surface area contributed by atoms with Crippen LogP contribution in [-0.2, 0) is 39.4 Å². The van der Waals surface area contributed by atoms with Crippen LogP contribution in [0.15, 0.2) is 53.4 Å². The van der Waals surface area contributed by atoms with Gasteiger partial charge in [0.25, 0.3) is 15.9 Å². The van der Waals surface area contributed by atoms with E-state index in [0.717, 1.165) is 22.7 Å². The van der Waals surface area contributed by atoms with E-state index in [1.807, 2.05) is 13.8 Å². The molecule has 2 aliphatic heterocycles. The average molecular weight is 476 g/mol. The van der Waals surface area contributed by atoms with E-state index in [1.165, 1.54) is 14.2 Å². The van der Waals surface area contributed by atoms with Gasteiger partial charge in [0, 0.05) is 19.3 Å². The number of sulfonamides is 1. The lowest BCUT2D eigenvalue weighted by atomic mass is 9.87. The second-order valence-electron chi connectivity index (χ2n) is 8.26. The number of fused-ring (bicyclic) bond motifs is 4. The van der Waals surface area contributed by atoms with E-state index in [4.69, 9.17) is 18.9 Å². The lowest BCUT2D eigenvalue weighted by Crippen LogP contribution is -2.59. The number of rotatable bonds is 8. The number of unbranched alkanes of at least 4 members (excludes halogenated alkanes) is 1. The van der Waals surface area contributed by atoms with Crippen molar-refractivity contribution < 1.29 is 32.2 Å². The van der Waals surface area contributed by atoms with Crippen LogP contribution in [0.2, 0.25) is 0 Å². The van der Waals surface area contributed by atoms with Crippen LogP contribution in [0.1, 0.15) is 37.3 Å². The minimum absolute atomic E-state index is 0.0118. The van der Waals surface area contributed by atoms with Crippen molar-refractivity contribution in [2.45, 2.75) is 55.6 Å². The van der Waals surface area contributed by atoms with Gasteiger partial charge in [0.15, 0.2) is 0 Å². The third-order valence-electron chi connectivity index (χ3n) is 6.23. The number of carbonyl (C=O) groups excluding carboxylic acids is 1. The molecule has 0 aliphatic carbocycles. The molecule has 2 aromatic carbocycles. The number of para-hydroxylation sites is 1. The van der Waals surface area contributed by atoms with Crippen LogP contribution in [0.4, 0.5) is 5.69 Å². The molecule has 9 heteroatoms. The van der Waals surface area contributed by atoms with E-state index >= 15 is 0 Å². The molecule has 33 heavy (non-hydrogen) atoms. The molecule has 2 bridgehead atoms. The van der Waals surface area contributed by atoms with Crippen molar-refractivity contribution in [3.8, 4) is 0 Å². The van der Waals surface area contributed by atoms with E-state index in [9.17, 15) is 13.2 Å². The zero-order valence-electron chi connectivity index (χ0n) is 19.2. The third-order valence-corrected chi connectivity index (χ3v) is 8.06. The molecule has 0 aromatic heterocycles. The smallest absolute Gasteiger partial charge is 0.345 e. The summed E-state index contributed by atoms with van der Waals surface area (Å²) in [7, 11) is -1.49. The van der Waals surface area contributed by atoms with Gasteiger partial charge in [-0.3, -0.25) is 0 Å². The predicted octanol–water partition coefficient (Wildman–Crippen LogP) is 3.48. The normalized spacial score (nSPS) is 26.2. The summed E-state index contributed by atoms with van der Waals surface area (Å²) >= 11 is 0. The standard InChI is InChI=1S/C24H29NO7S/c1-5-6-15-31-21-16-23(30-4)25(33(27,28)18-13-11-17(2)12-14-18)20-10-8-7-9-19(20)24(21,32-23)22(26)29-3/h7-14,21H,5-6,15-16H2,1-4H3. The van der Waals surface area contributed by atoms with E-state index in [2.05, 4.69) is 0 Å². The maximum atomic E-state index is 13.9. The maximum Gasteiger partial charge on any atom is 0.345 e. The molecule has 0 amide bonds. The number of anilines is 1. The molecule has 0 N–H and O–H groups in total. The van der Waals surface area contributed by atoms with Crippen LogP contribution >= 0.6 is 0 Å². The van der Waals surface area contributed by atoms with Gasteiger partial charge >= 0.3 is 5.97 Å². The number of aryl methyl sites for hydroxylation is 1. The Labute approximate surface area is 194 Å². The largest absolute Gasteiger partial charge is 0.467 e. The van der Waals surface area contributed by atoms with E-state index in [0.29, 0.717) is 12.2 Å². The summed E-state index contributed by atoms with van der Waals surface area (Å²) in [5.41, 5.74) is -0.0768. The molecule has 2 aliphatic rings. The van der Waals surface area contributed by atoms with Gasteiger partial charge < -0.3 is 18.9 Å². The highest BCUT2D eigenvalue weighted by Gasteiger charge is 2.71. The van der Waals surface area contributed by atoms with Gasteiger partial charge in [-0.15, -0.1) is 0 Å². The Morgan fingerprint density at radius 2 is 1.85 bits per heavy atom. The summed E-state index contributed by atoms with van der Waals surface area (Å²) in [5, 5.41) is 0. The number of nitrogens with zero attached hydrogens (tertiary/aromatic N) is 1. The number of methoxy groups -OCH3 is 2. The zero-order valence-corrected chi connectivity index (χ0v) is 20.1. The molecular formula is C24H29NO7S. The van der Waals surface area contributed by atoms with Crippen molar-refractivity contribution in [3.63, 3.8) is 0 Å². The van der Waals surface area contributed by atoms with Gasteiger partial charge in [-0.25, -0.2) is 17.5 Å². The Morgan fingerprint density at radius 1 is 1.15 bits per heavy atom. The molecule has 4 rings (SSSR count). The molecule has 8 nitrogen and oxygen atoms in total. The Kier molecular flexibility index (Phi) is 6.26. The van der Waals surface area contributed by atoms with Gasteiger partial charge in [0.1, 0.15) is 6.10 Å². The van der Waals surface area contributed by atoms with E-state index < -0.39 is 33.6 Å². The molecule has 3 atom stereocenters. The first kappa shape index (κ1) is 23.7. The van der Waals surface area contributed by atoms with Gasteiger partial charge in [0.2, 0.25) is 5.60 Å². The summed E-state index contributed by atoms with van der Waals surface area (Å²) in [6.07, 6.45) is 0.859. The first-order chi connectivity index (χ1) is 15.8. The Bertz CT molecular complexity index is 1130. The van der Waals surface area contributed by atoms with Crippen molar-refractivity contribution in [2.24, 2.45) is 0 Å². The summed E-state index contributed by atoms with van der Waals surface area (Å²) in [6.45, 7) is 4.30. The molecule has 1 fully saturated rings. The summed E-state index contributed by atoms with van der Waals surface area (Å²) < 4.78 is 52.3. The van der Waals surface area contributed by atoms with Gasteiger partial charge in [-0.05, 0) is 31.5 Å². The molecule has 178 valence electrons. The molecule has 0 radical (unpaired) electrons. The lowest BCUT2D eigenvalue weighted by Gasteiger charge is -2.46. The number of carbonyl (C=O) groups is 1. The summed E-state index contributed by atoms with van der Waals surface area (Å²) in [4.78, 5) is 13.3. The first-order valence-corrected chi connectivity index (χ1v) is 12.4. The number of hydrogen-bond acceptors (Lipinski definition) is 7. The summed E-state index contributed by atoms with van der Waals surface area (Å²) in [5.74, 6) is -2.45. The molecule has 0 saturated carbocycles. The number of hydrogen-bond donors (Lipinski definition) is 0. The van der Waals surface area contributed by atoms with Crippen molar-refractivity contribution in [1.82, 2.24) is 0 Å². The summed E-state index contributed by atoms with van der Waals surface area (Å²) in [6, 6.07) is 13.3. The quantitative estimate of drug-likeness (QED) is 0.426. The Balaban J connectivity index is 1.94. The SMILES string of the molecule is CCCCOC1CC2(OC)OC1(C(=O)OC)c1ccccc1N2S(=O)(=O)c1ccc(C)cc1. The van der Waals surface area contributed by atoms with Gasteiger partial charge in [-0.2, -0.15) is 0 Å². The fourth-order valence-electron chi connectivity index (χ4n) is 4.56. The van der Waals surface area contributed by atoms with Crippen LogP contribution in [0.5, 0.6) is 0 Å². The highest BCUT2D eigenvalue weighted by atomic mass is 32.2.